The number of ether oxygens (including phenoxy) is 2. The van der Waals surface area contributed by atoms with Crippen molar-refractivity contribution < 1.29 is 14.3 Å². The van der Waals surface area contributed by atoms with Crippen LogP contribution in [0.15, 0.2) is 36.7 Å². The van der Waals surface area contributed by atoms with E-state index < -0.39 is 0 Å². The van der Waals surface area contributed by atoms with Crippen LogP contribution in [0.25, 0.3) is 0 Å². The van der Waals surface area contributed by atoms with Gasteiger partial charge in [-0.25, -0.2) is 9.97 Å². The van der Waals surface area contributed by atoms with Crippen LogP contribution in [-0.4, -0.2) is 66.3 Å². The van der Waals surface area contributed by atoms with Crippen LogP contribution in [0.5, 0.6) is 5.75 Å². The van der Waals surface area contributed by atoms with Crippen molar-refractivity contribution in [1.82, 2.24) is 14.9 Å². The van der Waals surface area contributed by atoms with Crippen LogP contribution in [0.2, 0.25) is 0 Å². The summed E-state index contributed by atoms with van der Waals surface area (Å²) in [5.74, 6) is 1.12. The molecule has 150 valence electrons. The van der Waals surface area contributed by atoms with Gasteiger partial charge in [0.15, 0.2) is 0 Å². The van der Waals surface area contributed by atoms with Gasteiger partial charge in [-0.3, -0.25) is 9.69 Å². The molecule has 0 aliphatic carbocycles. The van der Waals surface area contributed by atoms with Crippen molar-refractivity contribution in [3.63, 3.8) is 0 Å². The van der Waals surface area contributed by atoms with E-state index in [9.17, 15) is 4.79 Å². The number of benzene rings is 1. The van der Waals surface area contributed by atoms with E-state index in [4.69, 9.17) is 9.47 Å². The highest BCUT2D eigenvalue weighted by Gasteiger charge is 2.11. The molecule has 2 aromatic rings. The predicted molar refractivity (Wildman–Crippen MR) is 108 cm³/mol. The Morgan fingerprint density at radius 1 is 1.18 bits per heavy atom. The molecule has 2 N–H and O–H groups in total. The van der Waals surface area contributed by atoms with Gasteiger partial charge in [0, 0.05) is 31.9 Å². The van der Waals surface area contributed by atoms with E-state index in [1.54, 1.807) is 18.3 Å². The highest BCUT2D eigenvalue weighted by atomic mass is 16.5. The van der Waals surface area contributed by atoms with E-state index in [0.29, 0.717) is 11.5 Å². The van der Waals surface area contributed by atoms with Crippen LogP contribution < -0.4 is 15.4 Å². The second kappa shape index (κ2) is 10.0. The number of hydrogen-bond acceptors (Lipinski definition) is 7. The summed E-state index contributed by atoms with van der Waals surface area (Å²) >= 11 is 0. The summed E-state index contributed by atoms with van der Waals surface area (Å²) in [6.45, 7) is 9.11. The zero-order chi connectivity index (χ0) is 19.8. The summed E-state index contributed by atoms with van der Waals surface area (Å²) in [7, 11) is 0. The summed E-state index contributed by atoms with van der Waals surface area (Å²) in [4.78, 5) is 23.1. The molecule has 3 rings (SSSR count). The third kappa shape index (κ3) is 6.17. The number of carbonyl (C=O) groups excluding carboxylic acids is 1. The number of amides is 1. The number of hydrogen-bond donors (Lipinski definition) is 2. The van der Waals surface area contributed by atoms with E-state index in [1.807, 2.05) is 26.0 Å². The van der Waals surface area contributed by atoms with E-state index in [2.05, 4.69) is 25.5 Å². The maximum absolute atomic E-state index is 12.3. The zero-order valence-electron chi connectivity index (χ0n) is 16.4. The summed E-state index contributed by atoms with van der Waals surface area (Å²) in [6.07, 6.45) is 3.16. The van der Waals surface area contributed by atoms with Crippen molar-refractivity contribution in [2.24, 2.45) is 0 Å². The van der Waals surface area contributed by atoms with E-state index in [-0.39, 0.29) is 17.7 Å². The van der Waals surface area contributed by atoms with Crippen molar-refractivity contribution in [2.45, 2.75) is 20.0 Å². The molecule has 1 fully saturated rings. The third-order valence-corrected chi connectivity index (χ3v) is 4.21. The number of anilines is 2. The Balaban J connectivity index is 1.46. The Hall–Kier alpha value is -2.71. The fourth-order valence-corrected chi connectivity index (χ4v) is 2.79. The zero-order valence-corrected chi connectivity index (χ0v) is 16.4. The van der Waals surface area contributed by atoms with Gasteiger partial charge in [0.1, 0.15) is 17.3 Å². The predicted octanol–water partition coefficient (Wildman–Crippen LogP) is 2.26. The molecular formula is C20H27N5O3. The summed E-state index contributed by atoms with van der Waals surface area (Å²) in [5.41, 5.74) is 0.942. The van der Waals surface area contributed by atoms with Crippen molar-refractivity contribution in [3.05, 3.63) is 42.4 Å². The number of nitrogens with zero attached hydrogens (tertiary/aromatic N) is 3. The molecule has 8 heteroatoms. The Morgan fingerprint density at radius 3 is 2.57 bits per heavy atom. The van der Waals surface area contributed by atoms with Gasteiger partial charge >= 0.3 is 0 Å². The first-order valence-electron chi connectivity index (χ1n) is 9.54. The monoisotopic (exact) mass is 385 g/mol. The molecule has 1 amide bonds. The molecule has 0 radical (unpaired) electrons. The molecule has 0 unspecified atom stereocenters. The Kier molecular flexibility index (Phi) is 7.16. The second-order valence-electron chi connectivity index (χ2n) is 6.81. The molecule has 0 saturated carbocycles. The standard InChI is InChI=1S/C20H27N5O3/c1-15(2)28-17-5-3-16(4-6-17)24-20(26)18-13-23-19(14-22-18)21-7-8-25-9-11-27-12-10-25/h3-6,13-15H,7-12H2,1-2H3,(H,21,23)(H,24,26). The van der Waals surface area contributed by atoms with Crippen LogP contribution in [0.1, 0.15) is 24.3 Å². The summed E-state index contributed by atoms with van der Waals surface area (Å²) in [5, 5.41) is 6.04. The second-order valence-corrected chi connectivity index (χ2v) is 6.81. The van der Waals surface area contributed by atoms with Crippen LogP contribution >= 0.6 is 0 Å². The molecule has 0 spiro atoms. The molecule has 1 aliphatic rings. The Labute approximate surface area is 165 Å². The van der Waals surface area contributed by atoms with Gasteiger partial charge < -0.3 is 20.1 Å². The molecule has 1 aromatic heterocycles. The van der Waals surface area contributed by atoms with Crippen molar-refractivity contribution in [1.29, 1.82) is 0 Å². The molecule has 1 aliphatic heterocycles. The molecule has 1 saturated heterocycles. The highest BCUT2D eigenvalue weighted by molar-refractivity contribution is 6.02. The quantitative estimate of drug-likeness (QED) is 0.720. The van der Waals surface area contributed by atoms with Crippen LogP contribution in [0.4, 0.5) is 11.5 Å². The van der Waals surface area contributed by atoms with Gasteiger partial charge in [0.2, 0.25) is 0 Å². The minimum Gasteiger partial charge on any atom is -0.491 e. The van der Waals surface area contributed by atoms with Crippen molar-refractivity contribution >= 4 is 17.4 Å². The first-order chi connectivity index (χ1) is 13.6. The van der Waals surface area contributed by atoms with Gasteiger partial charge in [-0.15, -0.1) is 0 Å². The lowest BCUT2D eigenvalue weighted by Crippen LogP contribution is -2.39. The van der Waals surface area contributed by atoms with Gasteiger partial charge in [0.05, 0.1) is 31.7 Å². The lowest BCUT2D eigenvalue weighted by molar-refractivity contribution is 0.0398. The molecule has 1 aromatic carbocycles. The normalized spacial score (nSPS) is 14.7. The fraction of sp³-hybridized carbons (Fsp3) is 0.450. The first-order valence-corrected chi connectivity index (χ1v) is 9.54. The van der Waals surface area contributed by atoms with Crippen molar-refractivity contribution in [3.8, 4) is 5.75 Å². The lowest BCUT2D eigenvalue weighted by atomic mass is 10.3. The molecule has 8 nitrogen and oxygen atoms in total. The van der Waals surface area contributed by atoms with E-state index in [0.717, 1.165) is 45.1 Å². The smallest absolute Gasteiger partial charge is 0.275 e. The lowest BCUT2D eigenvalue weighted by Gasteiger charge is -2.26. The van der Waals surface area contributed by atoms with Crippen molar-refractivity contribution in [2.75, 3.05) is 50.0 Å². The molecule has 0 atom stereocenters. The number of aromatic nitrogens is 2. The Morgan fingerprint density at radius 2 is 1.93 bits per heavy atom. The number of nitrogens with one attached hydrogen (secondary N) is 2. The highest BCUT2D eigenvalue weighted by Crippen LogP contribution is 2.17. The fourth-order valence-electron chi connectivity index (χ4n) is 2.79. The largest absolute Gasteiger partial charge is 0.491 e. The molecular weight excluding hydrogens is 358 g/mol. The van der Waals surface area contributed by atoms with Crippen LogP contribution in [0, 0.1) is 0 Å². The van der Waals surface area contributed by atoms with E-state index in [1.165, 1.54) is 6.20 Å². The van der Waals surface area contributed by atoms with Gasteiger partial charge in [-0.05, 0) is 38.1 Å². The van der Waals surface area contributed by atoms with Crippen LogP contribution in [0.3, 0.4) is 0 Å². The number of morpholine rings is 1. The van der Waals surface area contributed by atoms with Gasteiger partial charge in [-0.2, -0.15) is 0 Å². The molecule has 0 bridgehead atoms. The van der Waals surface area contributed by atoms with Gasteiger partial charge in [0.25, 0.3) is 5.91 Å². The average molecular weight is 385 g/mol. The average Bonchev–Trinajstić information content (AvgIpc) is 2.70. The van der Waals surface area contributed by atoms with Gasteiger partial charge in [-0.1, -0.05) is 0 Å². The Bertz CT molecular complexity index is 743. The first kappa shape index (κ1) is 20.0. The topological polar surface area (TPSA) is 88.6 Å². The van der Waals surface area contributed by atoms with E-state index >= 15 is 0 Å². The SMILES string of the molecule is CC(C)Oc1ccc(NC(=O)c2cnc(NCCN3CCOCC3)cn2)cc1. The maximum Gasteiger partial charge on any atom is 0.275 e. The number of rotatable bonds is 8. The minimum atomic E-state index is -0.301. The minimum absolute atomic E-state index is 0.108. The van der Waals surface area contributed by atoms with Crippen LogP contribution in [-0.2, 0) is 4.74 Å². The molecule has 28 heavy (non-hydrogen) atoms. The maximum atomic E-state index is 12.3. The third-order valence-electron chi connectivity index (χ3n) is 4.21. The number of carbonyl (C=O) groups is 1. The summed E-state index contributed by atoms with van der Waals surface area (Å²) < 4.78 is 10.9. The summed E-state index contributed by atoms with van der Waals surface area (Å²) in [6, 6.07) is 7.24. The molecule has 2 heterocycles.